The van der Waals surface area contributed by atoms with Crippen molar-refractivity contribution >= 4 is 35.0 Å². The largest absolute Gasteiger partial charge is 0.465 e. The monoisotopic (exact) mass is 391 g/mol. The maximum Gasteiger partial charge on any atom is 0.337 e. The Labute approximate surface area is 157 Å². The van der Waals surface area contributed by atoms with Crippen LogP contribution in [0, 0.1) is 15.9 Å². The standard InChI is InChI=1S/C17H14FN3O7/c1-27-15(22)9-5-10(16(23)28-2)7-12(6-9)20-17(24)19-11-3-4-13(18)14(8-11)21(25)26/h3-8H,1-2H3,(H2,19,20,24). The number of nitrogens with one attached hydrogen (secondary N) is 2. The van der Waals surface area contributed by atoms with Crippen LogP contribution >= 0.6 is 0 Å². The van der Waals surface area contributed by atoms with Gasteiger partial charge in [0, 0.05) is 17.4 Å². The molecule has 10 nitrogen and oxygen atoms in total. The molecular formula is C17H14FN3O7. The molecule has 28 heavy (non-hydrogen) atoms. The molecule has 11 heteroatoms. The predicted molar refractivity (Wildman–Crippen MR) is 94.8 cm³/mol. The van der Waals surface area contributed by atoms with E-state index in [4.69, 9.17) is 0 Å². The van der Waals surface area contributed by atoms with Crippen LogP contribution in [0.3, 0.4) is 0 Å². The molecule has 2 aromatic carbocycles. The van der Waals surface area contributed by atoms with Crippen molar-refractivity contribution in [3.63, 3.8) is 0 Å². The normalized spacial score (nSPS) is 9.96. The molecule has 146 valence electrons. The third-order valence-electron chi connectivity index (χ3n) is 3.43. The first-order valence-corrected chi connectivity index (χ1v) is 7.58. The lowest BCUT2D eigenvalue weighted by atomic mass is 10.1. The number of carbonyl (C=O) groups is 3. The lowest BCUT2D eigenvalue weighted by Crippen LogP contribution is -2.20. The predicted octanol–water partition coefficient (Wildman–Crippen LogP) is 2.95. The van der Waals surface area contributed by atoms with E-state index in [1.807, 2.05) is 0 Å². The summed E-state index contributed by atoms with van der Waals surface area (Å²) in [6.07, 6.45) is 0. The molecule has 0 aromatic heterocycles. The molecule has 0 saturated carbocycles. The van der Waals surface area contributed by atoms with E-state index >= 15 is 0 Å². The maximum absolute atomic E-state index is 13.4. The van der Waals surface area contributed by atoms with Gasteiger partial charge in [-0.3, -0.25) is 10.1 Å². The van der Waals surface area contributed by atoms with Gasteiger partial charge in [-0.15, -0.1) is 0 Å². The van der Waals surface area contributed by atoms with Gasteiger partial charge in [-0.05, 0) is 30.3 Å². The number of rotatable bonds is 5. The quantitative estimate of drug-likeness (QED) is 0.454. The smallest absolute Gasteiger partial charge is 0.337 e. The van der Waals surface area contributed by atoms with Gasteiger partial charge in [0.05, 0.1) is 30.3 Å². The third kappa shape index (κ3) is 4.78. The van der Waals surface area contributed by atoms with Crippen molar-refractivity contribution in [2.24, 2.45) is 0 Å². The number of nitrogens with zero attached hydrogens (tertiary/aromatic N) is 1. The number of hydrogen-bond acceptors (Lipinski definition) is 7. The minimum atomic E-state index is -1.05. The number of nitro groups is 1. The summed E-state index contributed by atoms with van der Waals surface area (Å²) in [7, 11) is 2.29. The van der Waals surface area contributed by atoms with Crippen LogP contribution < -0.4 is 10.6 Å². The van der Waals surface area contributed by atoms with Crippen molar-refractivity contribution in [3.05, 3.63) is 63.5 Å². The summed E-state index contributed by atoms with van der Waals surface area (Å²) in [6.45, 7) is 0. The summed E-state index contributed by atoms with van der Waals surface area (Å²) in [5.41, 5.74) is -0.824. The summed E-state index contributed by atoms with van der Waals surface area (Å²) in [5, 5.41) is 15.4. The summed E-state index contributed by atoms with van der Waals surface area (Å²) in [6, 6.07) is 5.70. The Kier molecular flexibility index (Phi) is 6.22. The zero-order chi connectivity index (χ0) is 20.8. The molecule has 0 aliphatic heterocycles. The van der Waals surface area contributed by atoms with Crippen LogP contribution in [0.5, 0.6) is 0 Å². The Morgan fingerprint density at radius 1 is 0.929 bits per heavy atom. The van der Waals surface area contributed by atoms with E-state index in [-0.39, 0.29) is 22.5 Å². The van der Waals surface area contributed by atoms with Gasteiger partial charge >= 0.3 is 23.7 Å². The van der Waals surface area contributed by atoms with E-state index in [1.165, 1.54) is 18.2 Å². The van der Waals surface area contributed by atoms with Crippen molar-refractivity contribution in [3.8, 4) is 0 Å². The Hall–Kier alpha value is -4.02. The molecule has 0 fully saturated rings. The second-order valence-corrected chi connectivity index (χ2v) is 5.28. The van der Waals surface area contributed by atoms with Crippen LogP contribution in [0.25, 0.3) is 0 Å². The second kappa shape index (κ2) is 8.58. The Morgan fingerprint density at radius 2 is 1.46 bits per heavy atom. The fraction of sp³-hybridized carbons (Fsp3) is 0.118. The molecule has 2 amide bonds. The van der Waals surface area contributed by atoms with Gasteiger partial charge in [0.1, 0.15) is 0 Å². The van der Waals surface area contributed by atoms with Gasteiger partial charge in [0.2, 0.25) is 5.82 Å². The minimum absolute atomic E-state index is 0.0156. The molecule has 2 N–H and O–H groups in total. The van der Waals surface area contributed by atoms with Gasteiger partial charge in [-0.25, -0.2) is 14.4 Å². The average Bonchev–Trinajstić information content (AvgIpc) is 2.67. The Balaban J connectivity index is 2.25. The number of amides is 2. The molecule has 0 saturated heterocycles. The van der Waals surface area contributed by atoms with Crippen molar-refractivity contribution in [2.45, 2.75) is 0 Å². The molecule has 0 unspecified atom stereocenters. The average molecular weight is 391 g/mol. The lowest BCUT2D eigenvalue weighted by Gasteiger charge is -2.10. The first-order valence-electron chi connectivity index (χ1n) is 7.58. The van der Waals surface area contributed by atoms with Crippen LogP contribution in [0.15, 0.2) is 36.4 Å². The molecule has 0 aliphatic carbocycles. The molecule has 0 atom stereocenters. The topological polar surface area (TPSA) is 137 Å². The number of nitro benzene ring substituents is 1. The number of benzene rings is 2. The summed E-state index contributed by atoms with van der Waals surface area (Å²) in [5.74, 6) is -2.55. The van der Waals surface area contributed by atoms with Gasteiger partial charge in [0.15, 0.2) is 0 Å². The highest BCUT2D eigenvalue weighted by Crippen LogP contribution is 2.22. The SMILES string of the molecule is COC(=O)c1cc(NC(=O)Nc2ccc(F)c([N+](=O)[O-])c2)cc(C(=O)OC)c1. The van der Waals surface area contributed by atoms with Gasteiger partial charge < -0.3 is 20.1 Å². The Bertz CT molecular complexity index is 928. The summed E-state index contributed by atoms with van der Waals surface area (Å²) < 4.78 is 22.5. The first kappa shape index (κ1) is 20.3. The van der Waals surface area contributed by atoms with Crippen LogP contribution in [0.1, 0.15) is 20.7 Å². The maximum atomic E-state index is 13.4. The van der Waals surface area contributed by atoms with Gasteiger partial charge in [-0.2, -0.15) is 4.39 Å². The van der Waals surface area contributed by atoms with E-state index < -0.39 is 34.4 Å². The molecule has 0 radical (unpaired) electrons. The molecule has 0 bridgehead atoms. The Morgan fingerprint density at radius 3 is 1.96 bits per heavy atom. The van der Waals surface area contributed by atoms with Crippen LogP contribution in [0.4, 0.5) is 26.2 Å². The number of anilines is 2. The highest BCUT2D eigenvalue weighted by Gasteiger charge is 2.17. The number of esters is 2. The number of methoxy groups -OCH3 is 2. The molecule has 0 aliphatic rings. The number of halogens is 1. The summed E-state index contributed by atoms with van der Waals surface area (Å²) >= 11 is 0. The molecule has 0 heterocycles. The van der Waals surface area contributed by atoms with Crippen LogP contribution in [-0.2, 0) is 9.47 Å². The van der Waals surface area contributed by atoms with E-state index in [0.717, 1.165) is 32.4 Å². The zero-order valence-corrected chi connectivity index (χ0v) is 14.6. The molecule has 2 aromatic rings. The van der Waals surface area contributed by atoms with Gasteiger partial charge in [-0.1, -0.05) is 0 Å². The third-order valence-corrected chi connectivity index (χ3v) is 3.43. The number of urea groups is 1. The van der Waals surface area contributed by atoms with Crippen molar-refractivity contribution in [1.29, 1.82) is 0 Å². The van der Waals surface area contributed by atoms with Crippen molar-refractivity contribution in [1.82, 2.24) is 0 Å². The van der Waals surface area contributed by atoms with E-state index in [2.05, 4.69) is 20.1 Å². The van der Waals surface area contributed by atoms with Crippen LogP contribution in [0.2, 0.25) is 0 Å². The fourth-order valence-corrected chi connectivity index (χ4v) is 2.19. The number of ether oxygens (including phenoxy) is 2. The first-order chi connectivity index (χ1) is 13.2. The fourth-order valence-electron chi connectivity index (χ4n) is 2.19. The lowest BCUT2D eigenvalue weighted by molar-refractivity contribution is -0.387. The minimum Gasteiger partial charge on any atom is -0.465 e. The van der Waals surface area contributed by atoms with Gasteiger partial charge in [0.25, 0.3) is 0 Å². The van der Waals surface area contributed by atoms with E-state index in [1.54, 1.807) is 0 Å². The number of carbonyl (C=O) groups excluding carboxylic acids is 3. The zero-order valence-electron chi connectivity index (χ0n) is 14.6. The van der Waals surface area contributed by atoms with Crippen molar-refractivity contribution < 1.29 is 33.2 Å². The second-order valence-electron chi connectivity index (χ2n) is 5.28. The molecule has 2 rings (SSSR count). The number of hydrogen-bond donors (Lipinski definition) is 2. The summed E-state index contributed by atoms with van der Waals surface area (Å²) in [4.78, 5) is 45.4. The van der Waals surface area contributed by atoms with E-state index in [0.29, 0.717) is 0 Å². The van der Waals surface area contributed by atoms with Crippen LogP contribution in [-0.4, -0.2) is 37.1 Å². The highest BCUT2D eigenvalue weighted by atomic mass is 19.1. The highest BCUT2D eigenvalue weighted by molar-refractivity contribution is 6.03. The van der Waals surface area contributed by atoms with E-state index in [9.17, 15) is 28.9 Å². The molecular weight excluding hydrogens is 377 g/mol. The molecule has 0 spiro atoms. The van der Waals surface area contributed by atoms with Crippen molar-refractivity contribution in [2.75, 3.05) is 24.9 Å².